The maximum absolute atomic E-state index is 12.6. The molecule has 1 aliphatic heterocycles. The van der Waals surface area contributed by atoms with Crippen molar-refractivity contribution in [3.8, 4) is 0 Å². The molecule has 29 heavy (non-hydrogen) atoms. The van der Waals surface area contributed by atoms with Crippen LogP contribution in [-0.4, -0.2) is 49.8 Å². The predicted octanol–water partition coefficient (Wildman–Crippen LogP) is 1.87. The molecule has 0 radical (unpaired) electrons. The Bertz CT molecular complexity index is 956. The Morgan fingerprint density at radius 3 is 2.21 bits per heavy atom. The van der Waals surface area contributed by atoms with Gasteiger partial charge in [-0.25, -0.2) is 13.2 Å². The minimum atomic E-state index is -3.59. The molecule has 3 rings (SSSR count). The van der Waals surface area contributed by atoms with Crippen molar-refractivity contribution < 1.29 is 18.0 Å². The lowest BCUT2D eigenvalue weighted by atomic mass is 9.97. The fourth-order valence-electron chi connectivity index (χ4n) is 3.08. The van der Waals surface area contributed by atoms with Gasteiger partial charge in [-0.05, 0) is 49.2 Å². The molecule has 1 fully saturated rings. The first kappa shape index (κ1) is 20.7. The second kappa shape index (κ2) is 9.01. The fourth-order valence-corrected chi connectivity index (χ4v) is 4.52. The average molecular weight is 417 g/mol. The van der Waals surface area contributed by atoms with Gasteiger partial charge in [-0.1, -0.05) is 0 Å². The first-order valence-electron chi connectivity index (χ1n) is 9.20. The number of hydrogen-bond acceptors (Lipinski definition) is 5. The molecule has 1 aromatic heterocycles. The Balaban J connectivity index is 1.54. The van der Waals surface area contributed by atoms with E-state index >= 15 is 0 Å². The quantitative estimate of drug-likeness (QED) is 0.686. The van der Waals surface area contributed by atoms with Crippen molar-refractivity contribution in [3.63, 3.8) is 0 Å². The predicted molar refractivity (Wildman–Crippen MR) is 109 cm³/mol. The standard InChI is InChI=1S/C19H23N5O4S/c1-20-19(26)23-16-6-4-15(5-7-16)22-18(25)14-8-11-24(12-9-14)29(27,28)17-3-2-10-21-13-17/h2-7,10,13-14H,8-9,11-12H2,1H3,(H,22,25)(H2,20,23,26). The molecule has 3 N–H and O–H groups in total. The highest BCUT2D eigenvalue weighted by Gasteiger charge is 2.32. The van der Waals surface area contributed by atoms with Gasteiger partial charge in [0.2, 0.25) is 15.9 Å². The highest BCUT2D eigenvalue weighted by Crippen LogP contribution is 2.25. The lowest BCUT2D eigenvalue weighted by Crippen LogP contribution is -2.41. The number of carbonyl (C=O) groups excluding carboxylic acids is 2. The molecule has 0 aliphatic carbocycles. The Hall–Kier alpha value is -2.98. The summed E-state index contributed by atoms with van der Waals surface area (Å²) in [7, 11) is -2.06. The number of sulfonamides is 1. The third kappa shape index (κ3) is 5.09. The second-order valence-electron chi connectivity index (χ2n) is 6.64. The van der Waals surface area contributed by atoms with Crippen molar-refractivity contribution in [2.45, 2.75) is 17.7 Å². The fraction of sp³-hybridized carbons (Fsp3) is 0.316. The van der Waals surface area contributed by atoms with Gasteiger partial charge in [-0.2, -0.15) is 4.31 Å². The number of amides is 3. The molecule has 0 atom stereocenters. The molecule has 2 heterocycles. The number of urea groups is 1. The molecule has 2 aromatic rings. The summed E-state index contributed by atoms with van der Waals surface area (Å²) >= 11 is 0. The van der Waals surface area contributed by atoms with Crippen LogP contribution in [0.1, 0.15) is 12.8 Å². The van der Waals surface area contributed by atoms with Crippen molar-refractivity contribution in [2.24, 2.45) is 5.92 Å². The molecule has 1 saturated heterocycles. The molecule has 154 valence electrons. The molecule has 3 amide bonds. The van der Waals surface area contributed by atoms with Gasteiger partial charge in [0, 0.05) is 49.8 Å². The smallest absolute Gasteiger partial charge is 0.318 e. The first-order valence-corrected chi connectivity index (χ1v) is 10.6. The maximum atomic E-state index is 12.6. The number of hydrogen-bond donors (Lipinski definition) is 3. The zero-order valence-electron chi connectivity index (χ0n) is 16.0. The lowest BCUT2D eigenvalue weighted by Gasteiger charge is -2.30. The van der Waals surface area contributed by atoms with Crippen LogP contribution in [0.4, 0.5) is 16.2 Å². The van der Waals surface area contributed by atoms with Gasteiger partial charge < -0.3 is 16.0 Å². The van der Waals surface area contributed by atoms with Gasteiger partial charge >= 0.3 is 6.03 Å². The topological polar surface area (TPSA) is 120 Å². The lowest BCUT2D eigenvalue weighted by molar-refractivity contribution is -0.120. The third-order valence-corrected chi connectivity index (χ3v) is 6.62. The molecule has 0 bridgehead atoms. The van der Waals surface area contributed by atoms with Crippen LogP contribution in [0.5, 0.6) is 0 Å². The van der Waals surface area contributed by atoms with Crippen LogP contribution in [-0.2, 0) is 14.8 Å². The average Bonchev–Trinajstić information content (AvgIpc) is 2.75. The second-order valence-corrected chi connectivity index (χ2v) is 8.58. The van der Waals surface area contributed by atoms with Gasteiger partial charge in [0.1, 0.15) is 4.90 Å². The van der Waals surface area contributed by atoms with Crippen LogP contribution in [0.3, 0.4) is 0 Å². The molecular weight excluding hydrogens is 394 g/mol. The van der Waals surface area contributed by atoms with Crippen LogP contribution in [0.2, 0.25) is 0 Å². The van der Waals surface area contributed by atoms with Crippen molar-refractivity contribution in [3.05, 3.63) is 48.8 Å². The van der Waals surface area contributed by atoms with E-state index in [9.17, 15) is 18.0 Å². The zero-order chi connectivity index (χ0) is 20.9. The van der Waals surface area contributed by atoms with E-state index in [0.717, 1.165) is 0 Å². The molecule has 9 nitrogen and oxygen atoms in total. The van der Waals surface area contributed by atoms with Crippen LogP contribution in [0.25, 0.3) is 0 Å². The van der Waals surface area contributed by atoms with Crippen molar-refractivity contribution in [1.29, 1.82) is 0 Å². The van der Waals surface area contributed by atoms with E-state index in [0.29, 0.717) is 24.2 Å². The molecular formula is C19H23N5O4S. The van der Waals surface area contributed by atoms with E-state index in [2.05, 4.69) is 20.9 Å². The Kier molecular flexibility index (Phi) is 6.45. The maximum Gasteiger partial charge on any atom is 0.318 e. The summed E-state index contributed by atoms with van der Waals surface area (Å²) in [5.74, 6) is -0.408. The monoisotopic (exact) mass is 417 g/mol. The van der Waals surface area contributed by atoms with Crippen molar-refractivity contribution >= 4 is 33.3 Å². The number of pyridine rings is 1. The van der Waals surface area contributed by atoms with Crippen LogP contribution >= 0.6 is 0 Å². The summed E-state index contributed by atoms with van der Waals surface area (Å²) in [5.41, 5.74) is 1.22. The van der Waals surface area contributed by atoms with E-state index in [1.165, 1.54) is 29.8 Å². The molecule has 0 saturated carbocycles. The number of benzene rings is 1. The number of piperidine rings is 1. The van der Waals surface area contributed by atoms with Crippen molar-refractivity contribution in [1.82, 2.24) is 14.6 Å². The summed E-state index contributed by atoms with van der Waals surface area (Å²) in [6, 6.07) is 9.56. The summed E-state index contributed by atoms with van der Waals surface area (Å²) in [6.45, 7) is 0.564. The number of anilines is 2. The molecule has 1 aromatic carbocycles. The molecule has 1 aliphatic rings. The highest BCUT2D eigenvalue weighted by atomic mass is 32.2. The molecule has 0 unspecified atom stereocenters. The largest absolute Gasteiger partial charge is 0.341 e. The normalized spacial score (nSPS) is 15.5. The number of rotatable bonds is 5. The minimum absolute atomic E-state index is 0.143. The van der Waals surface area contributed by atoms with Gasteiger partial charge in [-0.15, -0.1) is 0 Å². The van der Waals surface area contributed by atoms with Crippen LogP contribution < -0.4 is 16.0 Å². The zero-order valence-corrected chi connectivity index (χ0v) is 16.8. The number of nitrogens with one attached hydrogen (secondary N) is 3. The van der Waals surface area contributed by atoms with Crippen LogP contribution in [0.15, 0.2) is 53.7 Å². The van der Waals surface area contributed by atoms with Gasteiger partial charge in [0.25, 0.3) is 0 Å². The summed E-state index contributed by atoms with van der Waals surface area (Å²) in [6.07, 6.45) is 3.75. The molecule has 0 spiro atoms. The third-order valence-electron chi connectivity index (χ3n) is 4.73. The summed E-state index contributed by atoms with van der Waals surface area (Å²) < 4.78 is 26.7. The van der Waals surface area contributed by atoms with E-state index in [-0.39, 0.29) is 35.8 Å². The number of nitrogens with zero attached hydrogens (tertiary/aromatic N) is 2. The summed E-state index contributed by atoms with van der Waals surface area (Å²) in [4.78, 5) is 27.9. The highest BCUT2D eigenvalue weighted by molar-refractivity contribution is 7.89. The number of carbonyl (C=O) groups is 2. The number of aromatic nitrogens is 1. The van der Waals surface area contributed by atoms with Gasteiger partial charge in [0.05, 0.1) is 0 Å². The Morgan fingerprint density at radius 2 is 1.66 bits per heavy atom. The molecule has 10 heteroatoms. The van der Waals surface area contributed by atoms with E-state index < -0.39 is 10.0 Å². The Morgan fingerprint density at radius 1 is 1.03 bits per heavy atom. The van der Waals surface area contributed by atoms with Crippen molar-refractivity contribution in [2.75, 3.05) is 30.8 Å². The van der Waals surface area contributed by atoms with E-state index in [1.807, 2.05) is 0 Å². The van der Waals surface area contributed by atoms with Gasteiger partial charge in [-0.3, -0.25) is 9.78 Å². The van der Waals surface area contributed by atoms with Crippen LogP contribution in [0, 0.1) is 5.92 Å². The van der Waals surface area contributed by atoms with E-state index in [4.69, 9.17) is 0 Å². The van der Waals surface area contributed by atoms with Gasteiger partial charge in [0.15, 0.2) is 0 Å². The first-order chi connectivity index (χ1) is 13.9. The Labute approximate surface area is 169 Å². The summed E-state index contributed by atoms with van der Waals surface area (Å²) in [5, 5.41) is 7.94. The minimum Gasteiger partial charge on any atom is -0.341 e. The van der Waals surface area contributed by atoms with E-state index in [1.54, 1.807) is 30.3 Å². The SMILES string of the molecule is CNC(=O)Nc1ccc(NC(=O)C2CCN(S(=O)(=O)c3cccnc3)CC2)cc1.